The summed E-state index contributed by atoms with van der Waals surface area (Å²) in [6.07, 6.45) is 4.16. The van der Waals surface area contributed by atoms with Crippen molar-refractivity contribution in [3.63, 3.8) is 0 Å². The van der Waals surface area contributed by atoms with Gasteiger partial charge in [-0.05, 0) is 44.4 Å². The predicted molar refractivity (Wildman–Crippen MR) is 80.3 cm³/mol. The lowest BCUT2D eigenvalue weighted by molar-refractivity contribution is 0.127. The minimum atomic E-state index is 0.139. The second kappa shape index (κ2) is 6.38. The Hall–Kier alpha value is -0.0900. The third-order valence-electron chi connectivity index (χ3n) is 3.90. The molecular weight excluding hydrogens is 264 g/mol. The number of halogens is 1. The van der Waals surface area contributed by atoms with E-state index in [1.807, 2.05) is 6.07 Å². The number of hydrogen-bond donors (Lipinski definition) is 1. The Morgan fingerprint density at radius 3 is 2.61 bits per heavy atom. The summed E-state index contributed by atoms with van der Waals surface area (Å²) >= 11 is 7.72. The summed E-state index contributed by atoms with van der Waals surface area (Å²) in [6, 6.07) is 4.56. The molecule has 0 spiro atoms. The van der Waals surface area contributed by atoms with Crippen molar-refractivity contribution in [1.82, 2.24) is 4.90 Å². The Labute approximate surface area is 119 Å². The molecule has 0 aliphatic heterocycles. The van der Waals surface area contributed by atoms with Gasteiger partial charge >= 0.3 is 0 Å². The van der Waals surface area contributed by atoms with Crippen LogP contribution in [0.15, 0.2) is 12.1 Å². The maximum absolute atomic E-state index is 6.21. The Kier molecular flexibility index (Phi) is 5.07. The molecule has 1 aliphatic carbocycles. The smallest absolute Gasteiger partial charge is 0.0931 e. The van der Waals surface area contributed by atoms with Gasteiger partial charge in [-0.25, -0.2) is 0 Å². The number of rotatable bonds is 6. The number of nitrogens with zero attached hydrogens (tertiary/aromatic N) is 1. The molecule has 1 heterocycles. The number of likely N-dealkylation sites (N-methyl/N-ethyl adjacent to an activating group) is 1. The van der Waals surface area contributed by atoms with E-state index in [4.69, 9.17) is 17.3 Å². The summed E-state index contributed by atoms with van der Waals surface area (Å²) in [5.41, 5.74) is 6.21. The van der Waals surface area contributed by atoms with Gasteiger partial charge in [0.1, 0.15) is 0 Å². The van der Waals surface area contributed by atoms with Crippen LogP contribution in [-0.2, 0) is 0 Å². The molecule has 0 aromatic carbocycles. The first kappa shape index (κ1) is 14.3. The summed E-state index contributed by atoms with van der Waals surface area (Å²) in [5.74, 6) is 0.877. The first-order valence-corrected chi connectivity index (χ1v) is 8.06. The van der Waals surface area contributed by atoms with Gasteiger partial charge in [-0.1, -0.05) is 24.9 Å². The van der Waals surface area contributed by atoms with Gasteiger partial charge < -0.3 is 5.73 Å². The maximum Gasteiger partial charge on any atom is 0.0931 e. The van der Waals surface area contributed by atoms with Crippen molar-refractivity contribution in [2.45, 2.75) is 45.2 Å². The molecule has 1 saturated carbocycles. The standard InChI is InChI=1S/C14H23ClN2S/c1-3-17(9-11-5-4-6-11)14(10(2)16)12-7-8-13(15)18-12/h7-8,10-11,14H,3-6,9,16H2,1-2H3. The molecule has 2 nitrogen and oxygen atoms in total. The molecule has 102 valence electrons. The quantitative estimate of drug-likeness (QED) is 0.859. The molecule has 1 fully saturated rings. The van der Waals surface area contributed by atoms with E-state index < -0.39 is 0 Å². The highest BCUT2D eigenvalue weighted by Gasteiger charge is 2.28. The average molecular weight is 287 g/mol. The lowest BCUT2D eigenvalue weighted by Gasteiger charge is -2.38. The molecule has 1 aromatic rings. The van der Waals surface area contributed by atoms with Gasteiger partial charge in [-0.3, -0.25) is 4.90 Å². The van der Waals surface area contributed by atoms with E-state index in [0.29, 0.717) is 6.04 Å². The summed E-state index contributed by atoms with van der Waals surface area (Å²) in [4.78, 5) is 3.83. The fourth-order valence-corrected chi connectivity index (χ4v) is 4.02. The van der Waals surface area contributed by atoms with Crippen LogP contribution in [0.3, 0.4) is 0 Å². The van der Waals surface area contributed by atoms with Gasteiger partial charge in [0.15, 0.2) is 0 Å². The zero-order chi connectivity index (χ0) is 13.1. The molecule has 2 rings (SSSR count). The summed E-state index contributed by atoms with van der Waals surface area (Å²) < 4.78 is 0.857. The average Bonchev–Trinajstić information content (AvgIpc) is 2.67. The zero-order valence-electron chi connectivity index (χ0n) is 11.2. The van der Waals surface area contributed by atoms with Crippen LogP contribution in [0.25, 0.3) is 0 Å². The van der Waals surface area contributed by atoms with E-state index in [1.54, 1.807) is 11.3 Å². The minimum Gasteiger partial charge on any atom is -0.326 e. The number of thiophene rings is 1. The van der Waals surface area contributed by atoms with E-state index in [-0.39, 0.29) is 6.04 Å². The first-order valence-electron chi connectivity index (χ1n) is 6.86. The van der Waals surface area contributed by atoms with E-state index in [0.717, 1.165) is 16.8 Å². The van der Waals surface area contributed by atoms with Crippen LogP contribution in [0.1, 0.15) is 44.0 Å². The van der Waals surface area contributed by atoms with Crippen LogP contribution in [0.5, 0.6) is 0 Å². The fourth-order valence-electron chi connectivity index (χ4n) is 2.71. The molecule has 0 bridgehead atoms. The molecule has 4 heteroatoms. The van der Waals surface area contributed by atoms with Gasteiger partial charge in [-0.2, -0.15) is 0 Å². The maximum atomic E-state index is 6.21. The Morgan fingerprint density at radius 1 is 1.50 bits per heavy atom. The second-order valence-corrected chi connectivity index (χ2v) is 7.08. The topological polar surface area (TPSA) is 29.3 Å². The third kappa shape index (κ3) is 3.27. The van der Waals surface area contributed by atoms with Crippen molar-refractivity contribution >= 4 is 22.9 Å². The normalized spacial score (nSPS) is 19.8. The Morgan fingerprint density at radius 2 is 2.22 bits per heavy atom. The van der Waals surface area contributed by atoms with Crippen molar-refractivity contribution in [2.75, 3.05) is 13.1 Å². The van der Waals surface area contributed by atoms with Crippen LogP contribution in [-0.4, -0.2) is 24.0 Å². The number of hydrogen-bond acceptors (Lipinski definition) is 3. The van der Waals surface area contributed by atoms with Crippen molar-refractivity contribution in [2.24, 2.45) is 11.7 Å². The monoisotopic (exact) mass is 286 g/mol. The van der Waals surface area contributed by atoms with Crippen LogP contribution in [0.2, 0.25) is 4.34 Å². The van der Waals surface area contributed by atoms with Crippen LogP contribution >= 0.6 is 22.9 Å². The molecule has 1 aromatic heterocycles. The van der Waals surface area contributed by atoms with E-state index >= 15 is 0 Å². The van der Waals surface area contributed by atoms with E-state index in [9.17, 15) is 0 Å². The highest BCUT2D eigenvalue weighted by atomic mass is 35.5. The van der Waals surface area contributed by atoms with Crippen molar-refractivity contribution in [3.8, 4) is 0 Å². The molecule has 0 amide bonds. The molecule has 0 saturated heterocycles. The van der Waals surface area contributed by atoms with Gasteiger partial charge in [0, 0.05) is 17.5 Å². The zero-order valence-corrected chi connectivity index (χ0v) is 12.8. The molecular formula is C14H23ClN2S. The van der Waals surface area contributed by atoms with Gasteiger partial charge in [0.05, 0.1) is 10.4 Å². The molecule has 18 heavy (non-hydrogen) atoms. The molecule has 0 radical (unpaired) electrons. The lowest BCUT2D eigenvalue weighted by atomic mass is 9.84. The minimum absolute atomic E-state index is 0.139. The fraction of sp³-hybridized carbons (Fsp3) is 0.714. The lowest BCUT2D eigenvalue weighted by Crippen LogP contribution is -2.42. The Bertz CT molecular complexity index is 374. The van der Waals surface area contributed by atoms with Crippen molar-refractivity contribution in [1.29, 1.82) is 0 Å². The van der Waals surface area contributed by atoms with Gasteiger partial charge in [0.2, 0.25) is 0 Å². The van der Waals surface area contributed by atoms with Gasteiger partial charge in [-0.15, -0.1) is 11.3 Å². The highest BCUT2D eigenvalue weighted by molar-refractivity contribution is 7.16. The Balaban J connectivity index is 2.11. The molecule has 2 unspecified atom stereocenters. The van der Waals surface area contributed by atoms with Crippen LogP contribution < -0.4 is 5.73 Å². The molecule has 2 atom stereocenters. The van der Waals surface area contributed by atoms with Crippen molar-refractivity contribution in [3.05, 3.63) is 21.3 Å². The largest absolute Gasteiger partial charge is 0.326 e. The summed E-state index contributed by atoms with van der Waals surface area (Å²) in [7, 11) is 0. The van der Waals surface area contributed by atoms with E-state index in [2.05, 4.69) is 24.8 Å². The molecule has 1 aliphatic rings. The van der Waals surface area contributed by atoms with Crippen molar-refractivity contribution < 1.29 is 0 Å². The summed E-state index contributed by atoms with van der Waals surface area (Å²) in [5, 5.41) is 0. The highest BCUT2D eigenvalue weighted by Crippen LogP contribution is 2.35. The molecule has 2 N–H and O–H groups in total. The second-order valence-electron chi connectivity index (χ2n) is 5.33. The number of nitrogens with two attached hydrogens (primary N) is 1. The van der Waals surface area contributed by atoms with E-state index in [1.165, 1.54) is 30.7 Å². The van der Waals surface area contributed by atoms with Gasteiger partial charge in [0.25, 0.3) is 0 Å². The predicted octanol–water partition coefficient (Wildman–Crippen LogP) is 3.91. The first-order chi connectivity index (χ1) is 8.61. The van der Waals surface area contributed by atoms with Crippen LogP contribution in [0.4, 0.5) is 0 Å². The van der Waals surface area contributed by atoms with Crippen LogP contribution in [0, 0.1) is 5.92 Å². The SMILES string of the molecule is CCN(CC1CCC1)C(c1ccc(Cl)s1)C(C)N. The third-order valence-corrected chi connectivity index (χ3v) is 5.20. The summed E-state index contributed by atoms with van der Waals surface area (Å²) in [6.45, 7) is 6.56.